The molecule has 2 aromatic carbocycles. The first-order chi connectivity index (χ1) is 23.0. The zero-order valence-corrected chi connectivity index (χ0v) is 27.1. The number of benzene rings is 2. The molecule has 2 aliphatic carbocycles. The zero-order valence-electron chi connectivity index (χ0n) is 27.1. The maximum absolute atomic E-state index is 13.9. The van der Waals surface area contributed by atoms with Crippen molar-refractivity contribution < 1.29 is 67.0 Å². The summed E-state index contributed by atoms with van der Waals surface area (Å²) in [5.74, 6) is -6.09. The van der Waals surface area contributed by atoms with Crippen LogP contribution >= 0.6 is 0 Å². The zero-order chi connectivity index (χ0) is 36.0. The quantitative estimate of drug-likeness (QED) is 0.154. The highest BCUT2D eigenvalue weighted by atomic mass is 19.4. The summed E-state index contributed by atoms with van der Waals surface area (Å²) in [6, 6.07) is 2.75. The fourth-order valence-electron chi connectivity index (χ4n) is 6.91. The van der Waals surface area contributed by atoms with Crippen LogP contribution < -0.4 is 10.1 Å². The maximum Gasteiger partial charge on any atom is 0.471 e. The number of ketones is 3. The SMILES string of the molecule is CCCCCCC(=O)[C@]1(O)Cc2c(O)c3c(c(O)c2[C@@H](OC2CC(NC(=O)C(F)(F)F)C(O)C(C)O2)C1)C(=O)c1c(OC)cccc1C3=O. The smallest absolute Gasteiger partial charge is 0.471 e. The Kier molecular flexibility index (Phi) is 10.1. The van der Waals surface area contributed by atoms with Crippen molar-refractivity contribution in [3.63, 3.8) is 0 Å². The number of aliphatic hydroxyl groups excluding tert-OH is 1. The van der Waals surface area contributed by atoms with Gasteiger partial charge in [0, 0.05) is 42.4 Å². The summed E-state index contributed by atoms with van der Waals surface area (Å²) >= 11 is 0. The Labute approximate surface area is 279 Å². The molecule has 1 heterocycles. The van der Waals surface area contributed by atoms with Gasteiger partial charge in [-0.2, -0.15) is 13.2 Å². The molecule has 5 N–H and O–H groups in total. The van der Waals surface area contributed by atoms with Gasteiger partial charge in [0.1, 0.15) is 29.0 Å². The van der Waals surface area contributed by atoms with E-state index >= 15 is 0 Å². The first kappa shape index (κ1) is 36.2. The van der Waals surface area contributed by atoms with Gasteiger partial charge in [0.2, 0.25) is 5.78 Å². The topological polar surface area (TPSA) is 189 Å². The summed E-state index contributed by atoms with van der Waals surface area (Å²) < 4.78 is 56.2. The summed E-state index contributed by atoms with van der Waals surface area (Å²) in [6.07, 6.45) is -9.78. The number of phenols is 2. The van der Waals surface area contributed by atoms with E-state index in [9.17, 15) is 52.8 Å². The average Bonchev–Trinajstić information content (AvgIpc) is 3.04. The maximum atomic E-state index is 13.9. The van der Waals surface area contributed by atoms with Crippen LogP contribution in [-0.4, -0.2) is 87.1 Å². The molecule has 12 nitrogen and oxygen atoms in total. The number of Topliss-reactive ketones (excluding diaryl/α,β-unsaturated/α-hetero) is 1. The Morgan fingerprint density at radius 3 is 2.41 bits per heavy atom. The lowest BCUT2D eigenvalue weighted by molar-refractivity contribution is -0.250. The summed E-state index contributed by atoms with van der Waals surface area (Å²) in [5, 5.41) is 47.4. The molecule has 0 spiro atoms. The van der Waals surface area contributed by atoms with Gasteiger partial charge in [-0.1, -0.05) is 38.3 Å². The number of hydrogen-bond acceptors (Lipinski definition) is 11. The van der Waals surface area contributed by atoms with Crippen molar-refractivity contribution in [2.75, 3.05) is 7.11 Å². The molecule has 3 aliphatic rings. The van der Waals surface area contributed by atoms with Crippen molar-refractivity contribution in [3.8, 4) is 17.2 Å². The number of aliphatic hydroxyl groups is 2. The van der Waals surface area contributed by atoms with Crippen LogP contribution in [0.25, 0.3) is 0 Å². The van der Waals surface area contributed by atoms with E-state index in [0.717, 1.165) is 12.8 Å². The van der Waals surface area contributed by atoms with Gasteiger partial charge in [0.25, 0.3) is 0 Å². The highest BCUT2D eigenvalue weighted by molar-refractivity contribution is 6.31. The Hall–Kier alpha value is -4.05. The van der Waals surface area contributed by atoms with E-state index < -0.39 is 108 Å². The highest BCUT2D eigenvalue weighted by Crippen LogP contribution is 2.52. The normalized spacial score (nSPS) is 26.4. The molecule has 0 radical (unpaired) electrons. The third-order valence-corrected chi connectivity index (χ3v) is 9.45. The van der Waals surface area contributed by atoms with Crippen LogP contribution in [0.4, 0.5) is 13.2 Å². The number of fused-ring (bicyclic) bond motifs is 3. The Bertz CT molecular complexity index is 1680. The molecule has 1 amide bonds. The predicted octanol–water partition coefficient (Wildman–Crippen LogP) is 3.70. The molecule has 0 bridgehead atoms. The second-order valence-electron chi connectivity index (χ2n) is 12.7. The van der Waals surface area contributed by atoms with Crippen molar-refractivity contribution >= 4 is 23.3 Å². The number of methoxy groups -OCH3 is 1. The molecule has 1 saturated heterocycles. The van der Waals surface area contributed by atoms with E-state index in [4.69, 9.17) is 14.2 Å². The number of carbonyl (C=O) groups excluding carboxylic acids is 4. The van der Waals surface area contributed by atoms with Crippen molar-refractivity contribution in [2.45, 2.75) is 108 Å². The number of carbonyl (C=O) groups is 4. The van der Waals surface area contributed by atoms with Gasteiger partial charge in [-0.05, 0) is 19.4 Å². The second kappa shape index (κ2) is 13.7. The number of ether oxygens (including phenoxy) is 3. The van der Waals surface area contributed by atoms with E-state index in [0.29, 0.717) is 12.8 Å². The van der Waals surface area contributed by atoms with Crippen LogP contribution in [0, 0.1) is 0 Å². The second-order valence-corrected chi connectivity index (χ2v) is 12.7. The fourth-order valence-corrected chi connectivity index (χ4v) is 6.91. The molecular weight excluding hydrogens is 655 g/mol. The Morgan fingerprint density at radius 1 is 1.06 bits per heavy atom. The van der Waals surface area contributed by atoms with Crippen LogP contribution in [0.15, 0.2) is 18.2 Å². The average molecular weight is 694 g/mol. The van der Waals surface area contributed by atoms with E-state index in [-0.39, 0.29) is 34.4 Å². The number of nitrogens with one attached hydrogen (secondary N) is 1. The molecular formula is C34H38F3NO11. The number of phenolic OH excluding ortho intramolecular Hbond substituents is 2. The fraction of sp³-hybridized carbons (Fsp3) is 0.529. The van der Waals surface area contributed by atoms with Crippen LogP contribution in [0.2, 0.25) is 0 Å². The minimum absolute atomic E-state index is 0.0315. The van der Waals surface area contributed by atoms with Gasteiger partial charge in [-0.25, -0.2) is 0 Å². The monoisotopic (exact) mass is 693 g/mol. The molecule has 6 atom stereocenters. The standard InChI is InChI=1S/C34H38F3NO11/c1-4-5-6-7-11-21(39)33(46)13-17-24(20(14-33)49-22-12-18(27(40)15(2)48-22)38-32(45)34(35,36)37)31(44)26-25(29(17)42)28(41)16-9-8-10-19(47-3)23(16)30(26)43/h8-10,15,18,20,22,27,40,42,44,46H,4-7,11-14H2,1-3H3,(H,38,45)/t15?,18?,20-,22?,27?,33-/m0/s1. The van der Waals surface area contributed by atoms with E-state index in [1.54, 1.807) is 5.32 Å². The van der Waals surface area contributed by atoms with Gasteiger partial charge in [-0.15, -0.1) is 0 Å². The lowest BCUT2D eigenvalue weighted by Gasteiger charge is -2.43. The molecule has 1 aliphatic heterocycles. The van der Waals surface area contributed by atoms with E-state index in [1.807, 2.05) is 6.92 Å². The Morgan fingerprint density at radius 2 is 1.76 bits per heavy atom. The van der Waals surface area contributed by atoms with Crippen molar-refractivity contribution in [2.24, 2.45) is 0 Å². The number of halogens is 3. The number of amides is 1. The summed E-state index contributed by atoms with van der Waals surface area (Å²) in [7, 11) is 1.28. The third kappa shape index (κ3) is 6.64. The minimum Gasteiger partial charge on any atom is -0.507 e. The number of alkyl halides is 3. The molecule has 0 saturated carbocycles. The van der Waals surface area contributed by atoms with E-state index in [1.165, 1.54) is 32.2 Å². The molecule has 5 rings (SSSR count). The van der Waals surface area contributed by atoms with Crippen molar-refractivity contribution in [3.05, 3.63) is 51.6 Å². The summed E-state index contributed by atoms with van der Waals surface area (Å²) in [5.41, 5.74) is -4.05. The first-order valence-electron chi connectivity index (χ1n) is 16.0. The molecule has 4 unspecified atom stereocenters. The number of unbranched alkanes of at least 4 members (excludes halogenated alkanes) is 3. The summed E-state index contributed by atoms with van der Waals surface area (Å²) in [4.78, 5) is 52.8. The van der Waals surface area contributed by atoms with Crippen LogP contribution in [0.3, 0.4) is 0 Å². The molecule has 15 heteroatoms. The lowest BCUT2D eigenvalue weighted by atomic mass is 9.71. The van der Waals surface area contributed by atoms with Gasteiger partial charge in [0.05, 0.1) is 42.0 Å². The van der Waals surface area contributed by atoms with Gasteiger partial charge >= 0.3 is 12.1 Å². The molecule has 0 aromatic heterocycles. The van der Waals surface area contributed by atoms with Crippen LogP contribution in [0.1, 0.15) is 108 Å². The summed E-state index contributed by atoms with van der Waals surface area (Å²) in [6.45, 7) is 3.31. The molecule has 1 fully saturated rings. The van der Waals surface area contributed by atoms with Crippen LogP contribution in [-0.2, 0) is 25.5 Å². The predicted molar refractivity (Wildman–Crippen MR) is 163 cm³/mol. The number of aromatic hydroxyl groups is 2. The minimum atomic E-state index is -5.25. The largest absolute Gasteiger partial charge is 0.507 e. The first-order valence-corrected chi connectivity index (χ1v) is 16.0. The van der Waals surface area contributed by atoms with Crippen LogP contribution in [0.5, 0.6) is 17.2 Å². The van der Waals surface area contributed by atoms with E-state index in [2.05, 4.69) is 0 Å². The Balaban J connectivity index is 1.59. The molecule has 2 aromatic rings. The third-order valence-electron chi connectivity index (χ3n) is 9.45. The van der Waals surface area contributed by atoms with Gasteiger partial charge in [-0.3, -0.25) is 19.2 Å². The highest BCUT2D eigenvalue weighted by Gasteiger charge is 2.51. The lowest BCUT2D eigenvalue weighted by Crippen LogP contribution is -2.57. The van der Waals surface area contributed by atoms with Gasteiger partial charge in [0.15, 0.2) is 17.9 Å². The molecule has 49 heavy (non-hydrogen) atoms. The number of rotatable bonds is 10. The van der Waals surface area contributed by atoms with Crippen molar-refractivity contribution in [1.29, 1.82) is 0 Å². The molecule has 266 valence electrons. The van der Waals surface area contributed by atoms with Crippen molar-refractivity contribution in [1.82, 2.24) is 5.32 Å². The van der Waals surface area contributed by atoms with Gasteiger partial charge < -0.3 is 40.0 Å². The number of hydrogen-bond donors (Lipinski definition) is 5.